The number of nitrogens with two attached hydrogens (primary N) is 1. The number of aromatic nitrogens is 2. The van der Waals surface area contributed by atoms with Crippen LogP contribution < -0.4 is 10.5 Å². The number of aryl methyl sites for hydroxylation is 2. The van der Waals surface area contributed by atoms with Crippen molar-refractivity contribution in [3.8, 4) is 11.6 Å². The van der Waals surface area contributed by atoms with E-state index in [0.29, 0.717) is 17.5 Å². The summed E-state index contributed by atoms with van der Waals surface area (Å²) in [5.41, 5.74) is 9.03. The molecule has 0 aliphatic heterocycles. The lowest BCUT2D eigenvalue weighted by Gasteiger charge is -2.13. The molecule has 106 valence electrons. The van der Waals surface area contributed by atoms with Crippen LogP contribution in [0.4, 0.5) is 5.82 Å². The summed E-state index contributed by atoms with van der Waals surface area (Å²) in [5, 5.41) is 0. The van der Waals surface area contributed by atoms with E-state index < -0.39 is 0 Å². The highest BCUT2D eigenvalue weighted by molar-refractivity contribution is 5.46. The van der Waals surface area contributed by atoms with Crippen molar-refractivity contribution < 1.29 is 4.74 Å². The summed E-state index contributed by atoms with van der Waals surface area (Å²) in [6.07, 6.45) is 0. The van der Waals surface area contributed by atoms with Crippen molar-refractivity contribution in [1.29, 1.82) is 0 Å². The average molecular weight is 271 g/mol. The van der Waals surface area contributed by atoms with Crippen molar-refractivity contribution in [3.63, 3.8) is 0 Å². The van der Waals surface area contributed by atoms with Crippen molar-refractivity contribution >= 4 is 5.82 Å². The fourth-order valence-electron chi connectivity index (χ4n) is 1.99. The first kappa shape index (κ1) is 14.3. The molecular weight excluding hydrogens is 250 g/mol. The largest absolute Gasteiger partial charge is 0.439 e. The Bertz CT molecular complexity index is 616. The Kier molecular flexibility index (Phi) is 3.93. The van der Waals surface area contributed by atoms with E-state index in [2.05, 4.69) is 16.0 Å². The number of nitrogens with zero attached hydrogens (tertiary/aromatic N) is 2. The summed E-state index contributed by atoms with van der Waals surface area (Å²) < 4.78 is 5.91. The number of benzene rings is 1. The molecule has 0 aliphatic carbocycles. The maximum Gasteiger partial charge on any atom is 0.227 e. The second kappa shape index (κ2) is 5.49. The Morgan fingerprint density at radius 3 is 2.15 bits per heavy atom. The molecule has 0 bridgehead atoms. The van der Waals surface area contributed by atoms with Gasteiger partial charge in [-0.05, 0) is 44.0 Å². The zero-order chi connectivity index (χ0) is 14.9. The molecule has 1 aromatic carbocycles. The van der Waals surface area contributed by atoms with E-state index in [1.165, 1.54) is 0 Å². The van der Waals surface area contributed by atoms with E-state index in [0.717, 1.165) is 22.4 Å². The fraction of sp³-hybridized carbons (Fsp3) is 0.375. The minimum absolute atomic E-state index is 0.208. The molecule has 4 nitrogen and oxygen atoms in total. The van der Waals surface area contributed by atoms with Gasteiger partial charge in [-0.15, -0.1) is 0 Å². The zero-order valence-electron chi connectivity index (χ0n) is 12.7. The quantitative estimate of drug-likeness (QED) is 0.919. The summed E-state index contributed by atoms with van der Waals surface area (Å²) >= 11 is 0. The third-order valence-electron chi connectivity index (χ3n) is 3.08. The molecule has 0 amide bonds. The van der Waals surface area contributed by atoms with E-state index in [4.69, 9.17) is 10.5 Å². The minimum Gasteiger partial charge on any atom is -0.439 e. The van der Waals surface area contributed by atoms with Crippen LogP contribution in [0.2, 0.25) is 0 Å². The topological polar surface area (TPSA) is 61.0 Å². The van der Waals surface area contributed by atoms with Crippen LogP contribution in [0.25, 0.3) is 0 Å². The molecule has 0 spiro atoms. The van der Waals surface area contributed by atoms with E-state index in [-0.39, 0.29) is 5.92 Å². The molecule has 2 rings (SSSR count). The third kappa shape index (κ3) is 3.07. The third-order valence-corrected chi connectivity index (χ3v) is 3.08. The Morgan fingerprint density at radius 1 is 1.00 bits per heavy atom. The minimum atomic E-state index is 0.208. The van der Waals surface area contributed by atoms with Crippen LogP contribution in [-0.4, -0.2) is 9.97 Å². The summed E-state index contributed by atoms with van der Waals surface area (Å²) in [4.78, 5) is 8.77. The van der Waals surface area contributed by atoms with Crippen LogP contribution in [-0.2, 0) is 0 Å². The van der Waals surface area contributed by atoms with Gasteiger partial charge in [-0.2, -0.15) is 4.98 Å². The smallest absolute Gasteiger partial charge is 0.227 e. The molecule has 0 unspecified atom stereocenters. The predicted molar refractivity (Wildman–Crippen MR) is 81.3 cm³/mol. The van der Waals surface area contributed by atoms with E-state index in [1.807, 2.05) is 46.8 Å². The predicted octanol–water partition coefficient (Wildman–Crippen LogP) is 3.90. The Balaban J connectivity index is 2.42. The summed E-state index contributed by atoms with van der Waals surface area (Å²) in [6.45, 7) is 10.0. The SMILES string of the molecule is Cc1cc(C)cc(Oc2nc(C(C)C)nc(N)c2C)c1. The number of hydrogen-bond donors (Lipinski definition) is 1. The van der Waals surface area contributed by atoms with E-state index in [9.17, 15) is 0 Å². The van der Waals surface area contributed by atoms with Crippen LogP contribution in [0.5, 0.6) is 11.6 Å². The van der Waals surface area contributed by atoms with Gasteiger partial charge in [0.1, 0.15) is 17.4 Å². The van der Waals surface area contributed by atoms with Crippen LogP contribution in [0, 0.1) is 20.8 Å². The van der Waals surface area contributed by atoms with Crippen LogP contribution >= 0.6 is 0 Å². The molecule has 20 heavy (non-hydrogen) atoms. The first-order valence-corrected chi connectivity index (χ1v) is 6.77. The molecule has 0 fully saturated rings. The number of nitrogen functional groups attached to an aromatic ring is 1. The molecule has 2 N–H and O–H groups in total. The first-order chi connectivity index (χ1) is 9.36. The fourth-order valence-corrected chi connectivity index (χ4v) is 1.99. The van der Waals surface area contributed by atoms with Crippen molar-refractivity contribution in [2.75, 3.05) is 5.73 Å². The summed E-state index contributed by atoms with van der Waals surface area (Å²) in [7, 11) is 0. The van der Waals surface area contributed by atoms with Gasteiger partial charge in [0, 0.05) is 5.92 Å². The molecular formula is C16H21N3O. The van der Waals surface area contributed by atoms with Gasteiger partial charge in [0.05, 0.1) is 5.56 Å². The Hall–Kier alpha value is -2.10. The average Bonchev–Trinajstić information content (AvgIpc) is 2.33. The van der Waals surface area contributed by atoms with Gasteiger partial charge in [-0.3, -0.25) is 0 Å². The molecule has 0 saturated carbocycles. The van der Waals surface area contributed by atoms with Gasteiger partial charge < -0.3 is 10.5 Å². The lowest BCUT2D eigenvalue weighted by molar-refractivity contribution is 0.452. The zero-order valence-corrected chi connectivity index (χ0v) is 12.7. The second-order valence-electron chi connectivity index (χ2n) is 5.48. The van der Waals surface area contributed by atoms with E-state index >= 15 is 0 Å². The van der Waals surface area contributed by atoms with Crippen molar-refractivity contribution in [3.05, 3.63) is 40.7 Å². The van der Waals surface area contributed by atoms with Crippen molar-refractivity contribution in [2.45, 2.75) is 40.5 Å². The van der Waals surface area contributed by atoms with Crippen molar-refractivity contribution in [2.24, 2.45) is 0 Å². The monoisotopic (exact) mass is 271 g/mol. The number of hydrogen-bond acceptors (Lipinski definition) is 4. The van der Waals surface area contributed by atoms with Crippen molar-refractivity contribution in [1.82, 2.24) is 9.97 Å². The summed E-state index contributed by atoms with van der Waals surface area (Å²) in [5.74, 6) is 2.69. The molecule has 0 saturated heterocycles. The normalized spacial score (nSPS) is 10.9. The lowest BCUT2D eigenvalue weighted by atomic mass is 10.1. The maximum atomic E-state index is 5.94. The molecule has 0 radical (unpaired) electrons. The second-order valence-corrected chi connectivity index (χ2v) is 5.48. The van der Waals surface area contributed by atoms with Gasteiger partial charge in [-0.25, -0.2) is 4.98 Å². The maximum absolute atomic E-state index is 5.94. The van der Waals surface area contributed by atoms with Crippen LogP contribution in [0.3, 0.4) is 0 Å². The van der Waals surface area contributed by atoms with Crippen LogP contribution in [0.1, 0.15) is 42.3 Å². The summed E-state index contributed by atoms with van der Waals surface area (Å²) in [6, 6.07) is 6.08. The van der Waals surface area contributed by atoms with Gasteiger partial charge in [0.2, 0.25) is 5.88 Å². The number of anilines is 1. The first-order valence-electron chi connectivity index (χ1n) is 6.77. The molecule has 1 heterocycles. The molecule has 1 aromatic heterocycles. The molecule has 0 aliphatic rings. The van der Waals surface area contributed by atoms with Gasteiger partial charge in [0.25, 0.3) is 0 Å². The standard InChI is InChI=1S/C16H21N3O/c1-9(2)15-18-14(17)12(5)16(19-15)20-13-7-10(3)6-11(4)8-13/h6-9H,1-5H3,(H2,17,18,19). The van der Waals surface area contributed by atoms with Gasteiger partial charge in [0.15, 0.2) is 0 Å². The Morgan fingerprint density at radius 2 is 1.60 bits per heavy atom. The lowest BCUT2D eigenvalue weighted by Crippen LogP contribution is -2.06. The van der Waals surface area contributed by atoms with E-state index in [1.54, 1.807) is 0 Å². The molecule has 0 atom stereocenters. The van der Waals surface area contributed by atoms with Gasteiger partial charge >= 0.3 is 0 Å². The number of rotatable bonds is 3. The van der Waals surface area contributed by atoms with Crippen LogP contribution in [0.15, 0.2) is 18.2 Å². The molecule has 2 aromatic rings. The number of ether oxygens (including phenoxy) is 1. The highest BCUT2D eigenvalue weighted by Crippen LogP contribution is 2.28. The molecule has 4 heteroatoms. The Labute approximate surface area is 120 Å². The highest BCUT2D eigenvalue weighted by atomic mass is 16.5. The van der Waals surface area contributed by atoms with Gasteiger partial charge in [-0.1, -0.05) is 19.9 Å². The highest BCUT2D eigenvalue weighted by Gasteiger charge is 2.13.